The van der Waals surface area contributed by atoms with Crippen LogP contribution in [0.1, 0.15) is 68.6 Å². The molecule has 1 aliphatic carbocycles. The number of benzene rings is 1. The molecule has 1 aromatic rings. The summed E-state index contributed by atoms with van der Waals surface area (Å²) in [5.41, 5.74) is -0.417. The van der Waals surface area contributed by atoms with E-state index in [0.717, 1.165) is 38.2 Å². The second-order valence-corrected chi connectivity index (χ2v) is 6.56. The largest absolute Gasteiger partial charge is 0.479 e. The Hall–Kier alpha value is -1.59. The van der Waals surface area contributed by atoms with Crippen LogP contribution in [-0.4, -0.2) is 28.2 Å². The smallest absolute Gasteiger partial charge is 0.416 e. The van der Waals surface area contributed by atoms with Crippen LogP contribution >= 0.6 is 0 Å². The van der Waals surface area contributed by atoms with Gasteiger partial charge in [0.2, 0.25) is 5.90 Å². The molecule has 0 bridgehead atoms. The summed E-state index contributed by atoms with van der Waals surface area (Å²) in [6.07, 6.45) is -0.0364. The number of alkyl halides is 3. The third-order valence-electron chi connectivity index (χ3n) is 4.53. The molecule has 1 aliphatic rings. The van der Waals surface area contributed by atoms with E-state index in [1.807, 2.05) is 0 Å². The maximum Gasteiger partial charge on any atom is 0.416 e. The number of halogens is 3. The predicted molar refractivity (Wildman–Crippen MR) is 96.3 cm³/mol. The summed E-state index contributed by atoms with van der Waals surface area (Å²) in [6.45, 7) is 3.67. The van der Waals surface area contributed by atoms with E-state index in [9.17, 15) is 13.2 Å². The highest BCUT2D eigenvalue weighted by molar-refractivity contribution is 6.38. The van der Waals surface area contributed by atoms with Crippen molar-refractivity contribution in [3.8, 4) is 0 Å². The van der Waals surface area contributed by atoms with Crippen molar-refractivity contribution in [2.45, 2.75) is 63.4 Å². The van der Waals surface area contributed by atoms with Gasteiger partial charge >= 0.3 is 6.18 Å². The van der Waals surface area contributed by atoms with Crippen LogP contribution in [-0.2, 0) is 21.2 Å². The maximum atomic E-state index is 13.6. The Kier molecular flexibility index (Phi) is 6.69. The van der Waals surface area contributed by atoms with Crippen molar-refractivity contribution < 1.29 is 22.7 Å². The van der Waals surface area contributed by atoms with E-state index in [4.69, 9.17) is 25.3 Å². The van der Waals surface area contributed by atoms with Crippen LogP contribution in [0.25, 0.3) is 0 Å². The predicted octanol–water partition coefficient (Wildman–Crippen LogP) is 4.59. The Morgan fingerprint density at radius 2 is 1.85 bits per heavy atom. The first-order valence-electron chi connectivity index (χ1n) is 8.80. The monoisotopic (exact) mass is 363 g/mol. The van der Waals surface area contributed by atoms with E-state index in [1.54, 1.807) is 6.92 Å². The van der Waals surface area contributed by atoms with Crippen molar-refractivity contribution in [2.75, 3.05) is 6.61 Å². The third-order valence-corrected chi connectivity index (χ3v) is 4.53. The van der Waals surface area contributed by atoms with Gasteiger partial charge < -0.3 is 9.57 Å². The zero-order valence-electron chi connectivity index (χ0n) is 15.1. The lowest BCUT2D eigenvalue weighted by atomic mass is 9.61. The Morgan fingerprint density at radius 3 is 2.42 bits per heavy atom. The molecule has 8 heteroatoms. The molecule has 1 fully saturated rings. The molecule has 0 aliphatic heterocycles. The highest BCUT2D eigenvalue weighted by Gasteiger charge is 2.37. The summed E-state index contributed by atoms with van der Waals surface area (Å²) in [5.74, 6) is 0.0844. The second kappa shape index (κ2) is 8.40. The van der Waals surface area contributed by atoms with E-state index in [1.165, 1.54) is 19.1 Å². The summed E-state index contributed by atoms with van der Waals surface area (Å²) in [7, 11) is 11.7. The van der Waals surface area contributed by atoms with Gasteiger partial charge in [0, 0.05) is 6.92 Å². The van der Waals surface area contributed by atoms with Crippen LogP contribution < -0.4 is 0 Å². The fourth-order valence-corrected chi connectivity index (χ4v) is 3.24. The first-order valence-corrected chi connectivity index (χ1v) is 8.80. The van der Waals surface area contributed by atoms with Crippen molar-refractivity contribution in [3.05, 3.63) is 34.9 Å². The molecule has 0 amide bonds. The van der Waals surface area contributed by atoms with Gasteiger partial charge in [0.05, 0.1) is 17.6 Å². The Morgan fingerprint density at radius 1 is 1.19 bits per heavy atom. The maximum absolute atomic E-state index is 13.6. The molecule has 2 rings (SSSR count). The van der Waals surface area contributed by atoms with E-state index >= 15 is 0 Å². The lowest BCUT2D eigenvalue weighted by molar-refractivity contribution is -0.138. The van der Waals surface area contributed by atoms with Crippen molar-refractivity contribution in [1.29, 1.82) is 0 Å². The van der Waals surface area contributed by atoms with Gasteiger partial charge in [0.25, 0.3) is 0 Å². The fraction of sp³-hybridized carbons (Fsp3) is 0.611. The summed E-state index contributed by atoms with van der Waals surface area (Å²) in [4.78, 5) is 5.03. The number of oxime groups is 1. The number of nitrogens with zero attached hydrogens (tertiary/aromatic N) is 1. The molecule has 3 nitrogen and oxygen atoms in total. The van der Waals surface area contributed by atoms with Gasteiger partial charge in [-0.15, -0.1) is 0 Å². The van der Waals surface area contributed by atoms with Crippen molar-refractivity contribution in [3.63, 3.8) is 0 Å². The second-order valence-electron chi connectivity index (χ2n) is 6.56. The zero-order valence-corrected chi connectivity index (χ0v) is 15.1. The highest BCUT2D eigenvalue weighted by atomic mass is 19.4. The lowest BCUT2D eigenvalue weighted by Gasteiger charge is -2.29. The van der Waals surface area contributed by atoms with Gasteiger partial charge in [-0.2, -0.15) is 13.2 Å². The molecule has 0 heterocycles. The molecule has 0 unspecified atom stereocenters. The molecule has 1 aromatic carbocycles. The van der Waals surface area contributed by atoms with Gasteiger partial charge in [0.15, 0.2) is 0 Å². The molecule has 138 valence electrons. The topological polar surface area (TPSA) is 30.8 Å². The van der Waals surface area contributed by atoms with Gasteiger partial charge in [-0.25, -0.2) is 0 Å². The average Bonchev–Trinajstić information content (AvgIpc) is 2.60. The van der Waals surface area contributed by atoms with Gasteiger partial charge in [-0.3, -0.25) is 0 Å². The highest BCUT2D eigenvalue weighted by Crippen LogP contribution is 2.41. The first-order chi connectivity index (χ1) is 12.1. The number of hydrogen-bond donors (Lipinski definition) is 0. The lowest BCUT2D eigenvalue weighted by Crippen LogP contribution is -2.30. The van der Waals surface area contributed by atoms with Gasteiger partial charge in [-0.05, 0) is 42.9 Å². The van der Waals surface area contributed by atoms with E-state index in [2.05, 4.69) is 5.16 Å². The number of rotatable bonds is 5. The molecule has 0 atom stereocenters. The first kappa shape index (κ1) is 20.7. The molecule has 0 aromatic heterocycles. The molecule has 26 heavy (non-hydrogen) atoms. The van der Waals surface area contributed by atoms with Crippen LogP contribution in [0.5, 0.6) is 0 Å². The Bertz CT molecular complexity index is 642. The van der Waals surface area contributed by atoms with Crippen molar-refractivity contribution in [1.82, 2.24) is 0 Å². The average molecular weight is 363 g/mol. The molecule has 0 spiro atoms. The standard InChI is InChI=1S/C18H22B2F3NO2/c1-3-25-12(2)24-26-17(19,20)14-9-10-15(13-7-5-4-6-8-13)16(11-14)18(21,22)23/h9-11,13H,3-8H2,1-2H3/b24-12-. The summed E-state index contributed by atoms with van der Waals surface area (Å²) >= 11 is 0. The van der Waals surface area contributed by atoms with Gasteiger partial charge in [0.1, 0.15) is 15.7 Å². The number of hydrogen-bond acceptors (Lipinski definition) is 3. The van der Waals surface area contributed by atoms with Crippen LogP contribution in [0, 0.1) is 0 Å². The molecular formula is C18H22B2F3NO2. The Labute approximate surface area is 155 Å². The molecule has 0 N–H and O–H groups in total. The van der Waals surface area contributed by atoms with Crippen LogP contribution in [0.15, 0.2) is 23.4 Å². The molecular weight excluding hydrogens is 341 g/mol. The SMILES string of the molecule is [B]C([B])(O/N=C(/C)OCC)c1ccc(C2CCCCC2)c(C(F)(F)F)c1. The zero-order chi connectivity index (χ0) is 19.4. The van der Waals surface area contributed by atoms with E-state index < -0.39 is 17.1 Å². The molecule has 0 saturated heterocycles. The minimum Gasteiger partial charge on any atom is -0.479 e. The van der Waals surface area contributed by atoms with E-state index in [0.29, 0.717) is 12.2 Å². The third kappa shape index (κ3) is 5.21. The summed E-state index contributed by atoms with van der Waals surface area (Å²) in [6, 6.07) is 3.91. The van der Waals surface area contributed by atoms with Crippen LogP contribution in [0.2, 0.25) is 0 Å². The van der Waals surface area contributed by atoms with Crippen molar-refractivity contribution >= 4 is 21.6 Å². The van der Waals surface area contributed by atoms with Crippen molar-refractivity contribution in [2.24, 2.45) is 5.16 Å². The molecule has 4 radical (unpaired) electrons. The number of ether oxygens (including phenoxy) is 1. The Balaban J connectivity index is 2.33. The van der Waals surface area contributed by atoms with E-state index in [-0.39, 0.29) is 17.4 Å². The summed E-state index contributed by atoms with van der Waals surface area (Å²) in [5, 5.41) is 1.63. The summed E-state index contributed by atoms with van der Waals surface area (Å²) < 4.78 is 45.9. The quantitative estimate of drug-likeness (QED) is 0.332. The van der Waals surface area contributed by atoms with Gasteiger partial charge in [-0.1, -0.05) is 36.6 Å². The van der Waals surface area contributed by atoms with Crippen LogP contribution in [0.4, 0.5) is 13.2 Å². The minimum absolute atomic E-state index is 0.00238. The fourth-order valence-electron chi connectivity index (χ4n) is 3.24. The minimum atomic E-state index is -4.50. The normalized spacial score (nSPS) is 17.2. The molecule has 1 saturated carbocycles. The van der Waals surface area contributed by atoms with Crippen LogP contribution in [0.3, 0.4) is 0 Å².